The van der Waals surface area contributed by atoms with Crippen molar-refractivity contribution >= 4 is 23.3 Å². The number of fused-ring (bicyclic) bond motifs is 4. The van der Waals surface area contributed by atoms with Gasteiger partial charge in [-0.05, 0) is 55.6 Å². The summed E-state index contributed by atoms with van der Waals surface area (Å²) >= 11 is 0. The minimum absolute atomic E-state index is 0. The number of nitrogens with zero attached hydrogens (tertiary/aromatic N) is 1. The van der Waals surface area contributed by atoms with E-state index in [1.54, 1.807) is 0 Å². The highest BCUT2D eigenvalue weighted by molar-refractivity contribution is 5.85. The van der Waals surface area contributed by atoms with Gasteiger partial charge in [0.2, 0.25) is 0 Å². The van der Waals surface area contributed by atoms with Gasteiger partial charge in [-0.3, -0.25) is 0 Å². The zero-order chi connectivity index (χ0) is 15.6. The largest absolute Gasteiger partial charge is 0.358 e. The molecule has 0 unspecified atom stereocenters. The van der Waals surface area contributed by atoms with E-state index >= 15 is 0 Å². The first-order valence-electron chi connectivity index (χ1n) is 8.65. The molecule has 0 saturated carbocycles. The number of aromatic nitrogens is 1. The van der Waals surface area contributed by atoms with E-state index in [0.29, 0.717) is 0 Å². The van der Waals surface area contributed by atoms with Crippen LogP contribution >= 0.6 is 12.4 Å². The molecule has 24 heavy (non-hydrogen) atoms. The van der Waals surface area contributed by atoms with Crippen molar-refractivity contribution in [3.05, 3.63) is 70.9 Å². The average molecular weight is 341 g/mol. The van der Waals surface area contributed by atoms with E-state index in [2.05, 4.69) is 65.5 Å². The Bertz CT molecular complexity index is 822. The molecule has 1 aromatic heterocycles. The molecule has 0 bridgehead atoms. The summed E-state index contributed by atoms with van der Waals surface area (Å²) in [6, 6.07) is 17.7. The van der Waals surface area contributed by atoms with Crippen molar-refractivity contribution in [2.45, 2.75) is 25.7 Å². The number of aromatic amines is 1. The lowest BCUT2D eigenvalue weighted by Gasteiger charge is -2.16. The lowest BCUT2D eigenvalue weighted by molar-refractivity contribution is 0.334. The van der Waals surface area contributed by atoms with E-state index in [4.69, 9.17) is 0 Å². The fourth-order valence-corrected chi connectivity index (χ4v) is 3.81. The first kappa shape index (κ1) is 17.1. The van der Waals surface area contributed by atoms with E-state index in [9.17, 15) is 0 Å². The predicted octanol–water partition coefficient (Wildman–Crippen LogP) is 4.60. The number of aryl methyl sites for hydroxylation is 1. The fraction of sp³-hybridized carbons (Fsp3) is 0.333. The maximum absolute atomic E-state index is 3.69. The maximum atomic E-state index is 3.69. The van der Waals surface area contributed by atoms with Crippen LogP contribution < -0.4 is 0 Å². The van der Waals surface area contributed by atoms with Crippen LogP contribution in [-0.4, -0.2) is 30.0 Å². The highest BCUT2D eigenvalue weighted by Crippen LogP contribution is 2.27. The molecule has 3 aromatic rings. The molecular weight excluding hydrogens is 316 g/mol. The molecule has 2 aromatic carbocycles. The van der Waals surface area contributed by atoms with Gasteiger partial charge in [-0.2, -0.15) is 0 Å². The summed E-state index contributed by atoms with van der Waals surface area (Å²) in [5, 5.41) is 1.40. The average Bonchev–Trinajstić information content (AvgIpc) is 2.90. The van der Waals surface area contributed by atoms with Crippen LogP contribution in [0, 0.1) is 0 Å². The summed E-state index contributed by atoms with van der Waals surface area (Å²) in [5.41, 5.74) is 7.16. The van der Waals surface area contributed by atoms with E-state index in [-0.39, 0.29) is 12.4 Å². The van der Waals surface area contributed by atoms with Crippen LogP contribution in [0.25, 0.3) is 10.9 Å². The van der Waals surface area contributed by atoms with Gasteiger partial charge < -0.3 is 9.88 Å². The van der Waals surface area contributed by atoms with E-state index in [0.717, 1.165) is 19.4 Å². The van der Waals surface area contributed by atoms with Crippen molar-refractivity contribution in [1.29, 1.82) is 0 Å². The Hall–Kier alpha value is -1.77. The molecule has 0 fully saturated rings. The number of rotatable bonds is 0. The van der Waals surface area contributed by atoms with Gasteiger partial charge in [-0.1, -0.05) is 42.5 Å². The number of para-hydroxylation sites is 1. The van der Waals surface area contributed by atoms with Gasteiger partial charge >= 0.3 is 0 Å². The lowest BCUT2D eigenvalue weighted by atomic mass is 9.97. The molecule has 1 aliphatic rings. The molecule has 0 radical (unpaired) electrons. The van der Waals surface area contributed by atoms with Gasteiger partial charge in [-0.25, -0.2) is 0 Å². The Balaban J connectivity index is 0.00000169. The molecule has 126 valence electrons. The molecule has 2 heterocycles. The summed E-state index contributed by atoms with van der Waals surface area (Å²) in [7, 11) is 2.25. The van der Waals surface area contributed by atoms with Crippen LogP contribution in [0.5, 0.6) is 0 Å². The van der Waals surface area contributed by atoms with Gasteiger partial charge in [0, 0.05) is 29.6 Å². The standard InChI is InChI=1S/C21H24N2.ClH/c1-23-13-6-9-16-7-2-3-8-17(16)15-21-19(12-14-23)18-10-4-5-11-20(18)22-21;/h2-5,7-8,10-11,22H,6,9,12-15H2,1H3;1H. The number of nitrogens with one attached hydrogen (secondary N) is 1. The lowest BCUT2D eigenvalue weighted by Crippen LogP contribution is -2.22. The van der Waals surface area contributed by atoms with Crippen molar-refractivity contribution in [3.63, 3.8) is 0 Å². The second-order valence-corrected chi connectivity index (χ2v) is 6.73. The Morgan fingerprint density at radius 3 is 2.50 bits per heavy atom. The highest BCUT2D eigenvalue weighted by atomic mass is 35.5. The van der Waals surface area contributed by atoms with Crippen LogP contribution in [0.1, 0.15) is 28.8 Å². The quantitative estimate of drug-likeness (QED) is 0.633. The molecule has 2 nitrogen and oxygen atoms in total. The summed E-state index contributed by atoms with van der Waals surface area (Å²) < 4.78 is 0. The van der Waals surface area contributed by atoms with E-state index in [1.165, 1.54) is 52.7 Å². The minimum atomic E-state index is 0. The summed E-state index contributed by atoms with van der Waals surface area (Å²) in [5.74, 6) is 0. The minimum Gasteiger partial charge on any atom is -0.358 e. The van der Waals surface area contributed by atoms with Gasteiger partial charge in [0.05, 0.1) is 0 Å². The molecular formula is C21H25ClN2. The fourth-order valence-electron chi connectivity index (χ4n) is 3.81. The van der Waals surface area contributed by atoms with Crippen LogP contribution in [-0.2, 0) is 19.3 Å². The number of benzene rings is 2. The highest BCUT2D eigenvalue weighted by Gasteiger charge is 2.15. The second-order valence-electron chi connectivity index (χ2n) is 6.73. The van der Waals surface area contributed by atoms with Gasteiger partial charge in [-0.15, -0.1) is 12.4 Å². The van der Waals surface area contributed by atoms with Crippen LogP contribution in [0.2, 0.25) is 0 Å². The van der Waals surface area contributed by atoms with Crippen LogP contribution in [0.15, 0.2) is 48.5 Å². The first-order valence-corrected chi connectivity index (χ1v) is 8.65. The molecule has 1 N–H and O–H groups in total. The number of hydrogen-bond donors (Lipinski definition) is 1. The third kappa shape index (κ3) is 3.35. The van der Waals surface area contributed by atoms with Crippen molar-refractivity contribution in [1.82, 2.24) is 9.88 Å². The van der Waals surface area contributed by atoms with Crippen molar-refractivity contribution in [2.24, 2.45) is 0 Å². The molecule has 0 saturated heterocycles. The van der Waals surface area contributed by atoms with E-state index < -0.39 is 0 Å². The monoisotopic (exact) mass is 340 g/mol. The summed E-state index contributed by atoms with van der Waals surface area (Å²) in [6.07, 6.45) is 4.56. The second kappa shape index (κ2) is 7.42. The number of likely N-dealkylation sites (N-methyl/N-ethyl adjacent to an activating group) is 1. The zero-order valence-corrected chi connectivity index (χ0v) is 15.0. The van der Waals surface area contributed by atoms with Crippen LogP contribution in [0.3, 0.4) is 0 Å². The molecule has 4 rings (SSSR count). The van der Waals surface area contributed by atoms with Crippen LogP contribution in [0.4, 0.5) is 0 Å². The topological polar surface area (TPSA) is 19.0 Å². The number of H-pyrrole nitrogens is 1. The zero-order valence-electron chi connectivity index (χ0n) is 14.2. The Morgan fingerprint density at radius 2 is 1.62 bits per heavy atom. The molecule has 3 heteroatoms. The SMILES string of the molecule is CN1CCCc2ccccc2Cc2[nH]c3ccccc3c2CC1.Cl. The van der Waals surface area contributed by atoms with Gasteiger partial charge in [0.25, 0.3) is 0 Å². The van der Waals surface area contributed by atoms with Gasteiger partial charge in [0.15, 0.2) is 0 Å². The molecule has 1 aliphatic heterocycles. The third-order valence-corrected chi connectivity index (χ3v) is 5.12. The Kier molecular flexibility index (Phi) is 5.27. The maximum Gasteiger partial charge on any atom is 0.0459 e. The molecule has 0 atom stereocenters. The summed E-state index contributed by atoms with van der Waals surface area (Å²) in [6.45, 7) is 2.30. The number of hydrogen-bond acceptors (Lipinski definition) is 1. The molecule has 0 spiro atoms. The Labute approximate surface area is 150 Å². The van der Waals surface area contributed by atoms with Crippen molar-refractivity contribution < 1.29 is 0 Å². The first-order chi connectivity index (χ1) is 11.3. The van der Waals surface area contributed by atoms with Crippen molar-refractivity contribution in [2.75, 3.05) is 20.1 Å². The van der Waals surface area contributed by atoms with Gasteiger partial charge in [0.1, 0.15) is 0 Å². The smallest absolute Gasteiger partial charge is 0.0459 e. The van der Waals surface area contributed by atoms with Crippen molar-refractivity contribution in [3.8, 4) is 0 Å². The summed E-state index contributed by atoms with van der Waals surface area (Å²) in [4.78, 5) is 6.16. The predicted molar refractivity (Wildman–Crippen MR) is 104 cm³/mol. The molecule has 0 aliphatic carbocycles. The normalized spacial score (nSPS) is 15.9. The third-order valence-electron chi connectivity index (χ3n) is 5.12. The number of halogens is 1. The van der Waals surface area contributed by atoms with E-state index in [1.807, 2.05) is 0 Å². The Morgan fingerprint density at radius 1 is 0.875 bits per heavy atom. The molecule has 0 amide bonds.